The van der Waals surface area contributed by atoms with Crippen LogP contribution < -0.4 is 10.6 Å². The van der Waals surface area contributed by atoms with Gasteiger partial charge in [-0.25, -0.2) is 0 Å². The Balaban J connectivity index is 2.02. The topological polar surface area (TPSA) is 41.1 Å². The highest BCUT2D eigenvalue weighted by Gasteiger charge is 2.07. The first-order valence-electron chi connectivity index (χ1n) is 7.25. The molecule has 2 rings (SSSR count). The van der Waals surface area contributed by atoms with E-state index in [0.717, 1.165) is 12.2 Å². The molecule has 0 fully saturated rings. The zero-order chi connectivity index (χ0) is 15.2. The summed E-state index contributed by atoms with van der Waals surface area (Å²) in [6.07, 6.45) is 0. The van der Waals surface area contributed by atoms with E-state index < -0.39 is 0 Å². The number of hydrogen-bond acceptors (Lipinski definition) is 2. The summed E-state index contributed by atoms with van der Waals surface area (Å²) in [7, 11) is 0. The SMILES string of the molecule is Cc1cccc(CNc2cccc(C(=O)NC(C)C)c2)c1. The summed E-state index contributed by atoms with van der Waals surface area (Å²) in [5.74, 6) is -0.0378. The molecule has 1 amide bonds. The standard InChI is InChI=1S/C18H22N2O/c1-13(2)20-18(21)16-8-5-9-17(11-16)19-12-15-7-4-6-14(3)10-15/h4-11,13,19H,12H2,1-3H3,(H,20,21). The second kappa shape index (κ2) is 6.93. The van der Waals surface area contributed by atoms with Crippen molar-refractivity contribution in [1.29, 1.82) is 0 Å². The van der Waals surface area contributed by atoms with Crippen LogP contribution >= 0.6 is 0 Å². The summed E-state index contributed by atoms with van der Waals surface area (Å²) in [4.78, 5) is 12.0. The van der Waals surface area contributed by atoms with Crippen LogP contribution in [0.3, 0.4) is 0 Å². The summed E-state index contributed by atoms with van der Waals surface area (Å²) in [5.41, 5.74) is 4.11. The first-order chi connectivity index (χ1) is 10.0. The van der Waals surface area contributed by atoms with E-state index >= 15 is 0 Å². The Bertz CT molecular complexity index is 620. The van der Waals surface area contributed by atoms with Crippen LogP contribution in [0.15, 0.2) is 48.5 Å². The first kappa shape index (κ1) is 15.1. The Hall–Kier alpha value is -2.29. The van der Waals surface area contributed by atoms with E-state index in [2.05, 4.69) is 41.8 Å². The molecule has 2 aromatic carbocycles. The van der Waals surface area contributed by atoms with Crippen molar-refractivity contribution in [1.82, 2.24) is 5.32 Å². The summed E-state index contributed by atoms with van der Waals surface area (Å²) in [6.45, 7) is 6.74. The van der Waals surface area contributed by atoms with Crippen molar-refractivity contribution in [2.75, 3.05) is 5.32 Å². The molecule has 2 N–H and O–H groups in total. The van der Waals surface area contributed by atoms with Crippen molar-refractivity contribution in [3.05, 3.63) is 65.2 Å². The molecule has 0 heterocycles. The quantitative estimate of drug-likeness (QED) is 0.877. The number of anilines is 1. The van der Waals surface area contributed by atoms with Gasteiger partial charge in [0.2, 0.25) is 0 Å². The molecule has 21 heavy (non-hydrogen) atoms. The molecule has 0 atom stereocenters. The Morgan fingerprint density at radius 3 is 2.57 bits per heavy atom. The van der Waals surface area contributed by atoms with Crippen molar-refractivity contribution in [3.8, 4) is 0 Å². The van der Waals surface area contributed by atoms with Crippen LogP contribution in [0.25, 0.3) is 0 Å². The minimum absolute atomic E-state index is 0.0378. The van der Waals surface area contributed by atoms with E-state index in [1.807, 2.05) is 38.1 Å². The van der Waals surface area contributed by atoms with Crippen molar-refractivity contribution in [2.45, 2.75) is 33.4 Å². The first-order valence-corrected chi connectivity index (χ1v) is 7.25. The average molecular weight is 282 g/mol. The zero-order valence-electron chi connectivity index (χ0n) is 12.8. The molecule has 2 aromatic rings. The second-order valence-electron chi connectivity index (χ2n) is 5.55. The molecule has 3 nitrogen and oxygen atoms in total. The number of amides is 1. The van der Waals surface area contributed by atoms with Gasteiger partial charge in [0.05, 0.1) is 0 Å². The number of benzene rings is 2. The van der Waals surface area contributed by atoms with Gasteiger partial charge >= 0.3 is 0 Å². The molecule has 110 valence electrons. The number of rotatable bonds is 5. The molecule has 0 radical (unpaired) electrons. The highest BCUT2D eigenvalue weighted by atomic mass is 16.1. The molecule has 0 unspecified atom stereocenters. The van der Waals surface area contributed by atoms with E-state index in [1.54, 1.807) is 0 Å². The third-order valence-corrected chi connectivity index (χ3v) is 3.12. The summed E-state index contributed by atoms with van der Waals surface area (Å²) < 4.78 is 0. The smallest absolute Gasteiger partial charge is 0.251 e. The van der Waals surface area contributed by atoms with Gasteiger partial charge in [-0.3, -0.25) is 4.79 Å². The normalized spacial score (nSPS) is 10.5. The van der Waals surface area contributed by atoms with Crippen LogP contribution in [0.4, 0.5) is 5.69 Å². The van der Waals surface area contributed by atoms with Gasteiger partial charge in [0.15, 0.2) is 0 Å². The lowest BCUT2D eigenvalue weighted by Gasteiger charge is -2.11. The van der Waals surface area contributed by atoms with Gasteiger partial charge in [0.25, 0.3) is 5.91 Å². The molecule has 3 heteroatoms. The third-order valence-electron chi connectivity index (χ3n) is 3.12. The minimum atomic E-state index is -0.0378. The number of hydrogen-bond donors (Lipinski definition) is 2. The lowest BCUT2D eigenvalue weighted by molar-refractivity contribution is 0.0943. The van der Waals surface area contributed by atoms with Crippen molar-refractivity contribution in [3.63, 3.8) is 0 Å². The average Bonchev–Trinajstić information content (AvgIpc) is 2.45. The van der Waals surface area contributed by atoms with Crippen molar-refractivity contribution in [2.24, 2.45) is 0 Å². The van der Waals surface area contributed by atoms with Gasteiger partial charge in [-0.05, 0) is 44.5 Å². The van der Waals surface area contributed by atoms with Gasteiger partial charge < -0.3 is 10.6 Å². The third kappa shape index (κ3) is 4.63. The Morgan fingerprint density at radius 1 is 1.10 bits per heavy atom. The molecular formula is C18H22N2O. The van der Waals surface area contributed by atoms with E-state index in [9.17, 15) is 4.79 Å². The van der Waals surface area contributed by atoms with Crippen molar-refractivity contribution >= 4 is 11.6 Å². The van der Waals surface area contributed by atoms with Gasteiger partial charge in [0, 0.05) is 23.8 Å². The van der Waals surface area contributed by atoms with Crippen LogP contribution in [-0.2, 0) is 6.54 Å². The van der Waals surface area contributed by atoms with Crippen LogP contribution in [0, 0.1) is 6.92 Å². The molecule has 0 saturated carbocycles. The summed E-state index contributed by atoms with van der Waals surface area (Å²) in [5, 5.41) is 6.26. The second-order valence-corrected chi connectivity index (χ2v) is 5.55. The highest BCUT2D eigenvalue weighted by molar-refractivity contribution is 5.95. The van der Waals surface area contributed by atoms with Crippen LogP contribution in [0.2, 0.25) is 0 Å². The molecule has 0 bridgehead atoms. The lowest BCUT2D eigenvalue weighted by Crippen LogP contribution is -2.30. The number of carbonyl (C=O) groups excluding carboxylic acids is 1. The van der Waals surface area contributed by atoms with E-state index in [-0.39, 0.29) is 11.9 Å². The maximum absolute atomic E-state index is 12.0. The number of aryl methyl sites for hydroxylation is 1. The van der Waals surface area contributed by atoms with Crippen molar-refractivity contribution < 1.29 is 4.79 Å². The molecule has 0 spiro atoms. The fraction of sp³-hybridized carbons (Fsp3) is 0.278. The maximum atomic E-state index is 12.0. The van der Waals surface area contributed by atoms with Crippen LogP contribution in [0.1, 0.15) is 35.3 Å². The molecule has 0 aromatic heterocycles. The van der Waals surface area contributed by atoms with E-state index in [0.29, 0.717) is 5.56 Å². The van der Waals surface area contributed by atoms with Gasteiger partial charge in [-0.2, -0.15) is 0 Å². The predicted octanol–water partition coefficient (Wildman–Crippen LogP) is 3.75. The number of nitrogens with one attached hydrogen (secondary N) is 2. The molecular weight excluding hydrogens is 260 g/mol. The van der Waals surface area contributed by atoms with Gasteiger partial charge in [-0.1, -0.05) is 35.9 Å². The summed E-state index contributed by atoms with van der Waals surface area (Å²) in [6, 6.07) is 16.1. The van der Waals surface area contributed by atoms with Gasteiger partial charge in [0.1, 0.15) is 0 Å². The molecule has 0 aliphatic rings. The Kier molecular flexibility index (Phi) is 4.99. The summed E-state index contributed by atoms with van der Waals surface area (Å²) >= 11 is 0. The van der Waals surface area contributed by atoms with E-state index in [4.69, 9.17) is 0 Å². The molecule has 0 aliphatic heterocycles. The van der Waals surface area contributed by atoms with Crippen LogP contribution in [0.5, 0.6) is 0 Å². The lowest BCUT2D eigenvalue weighted by atomic mass is 10.1. The largest absolute Gasteiger partial charge is 0.381 e. The minimum Gasteiger partial charge on any atom is -0.381 e. The fourth-order valence-electron chi connectivity index (χ4n) is 2.14. The van der Waals surface area contributed by atoms with E-state index in [1.165, 1.54) is 11.1 Å². The molecule has 0 aliphatic carbocycles. The monoisotopic (exact) mass is 282 g/mol. The Morgan fingerprint density at radius 2 is 1.86 bits per heavy atom. The molecule has 0 saturated heterocycles. The zero-order valence-corrected chi connectivity index (χ0v) is 12.8. The number of carbonyl (C=O) groups is 1. The maximum Gasteiger partial charge on any atom is 0.251 e. The predicted molar refractivity (Wildman–Crippen MR) is 87.5 cm³/mol. The van der Waals surface area contributed by atoms with Gasteiger partial charge in [-0.15, -0.1) is 0 Å². The Labute approximate surface area is 126 Å². The highest BCUT2D eigenvalue weighted by Crippen LogP contribution is 2.13. The fourth-order valence-corrected chi connectivity index (χ4v) is 2.14. The van der Waals surface area contributed by atoms with Crippen LogP contribution in [-0.4, -0.2) is 11.9 Å².